The van der Waals surface area contributed by atoms with Crippen LogP contribution >= 0.6 is 11.8 Å². The number of H-pyrrole nitrogens is 1. The van der Waals surface area contributed by atoms with Crippen LogP contribution in [0.2, 0.25) is 0 Å². The molecule has 0 saturated carbocycles. The Morgan fingerprint density at radius 2 is 2.35 bits per heavy atom. The van der Waals surface area contributed by atoms with Gasteiger partial charge in [-0.05, 0) is 25.0 Å². The molecule has 122 valence electrons. The van der Waals surface area contributed by atoms with Crippen LogP contribution in [0.4, 0.5) is 14.5 Å². The van der Waals surface area contributed by atoms with Crippen molar-refractivity contribution in [2.45, 2.75) is 24.1 Å². The van der Waals surface area contributed by atoms with E-state index in [1.165, 1.54) is 6.07 Å². The number of carbonyl (C=O) groups is 1. The number of aromatic amines is 1. The number of carbonyl (C=O) groups excluding carboxylic acids is 1. The second-order valence-electron chi connectivity index (χ2n) is 4.97. The van der Waals surface area contributed by atoms with Crippen LogP contribution in [0.25, 0.3) is 0 Å². The zero-order valence-electron chi connectivity index (χ0n) is 12.0. The van der Waals surface area contributed by atoms with Crippen molar-refractivity contribution in [3.63, 3.8) is 0 Å². The molecule has 23 heavy (non-hydrogen) atoms. The summed E-state index contributed by atoms with van der Waals surface area (Å²) in [5, 5.41) is 9.61. The van der Waals surface area contributed by atoms with E-state index in [1.54, 1.807) is 0 Å². The van der Waals surface area contributed by atoms with Gasteiger partial charge in [-0.25, -0.2) is 13.8 Å². The van der Waals surface area contributed by atoms with E-state index in [-0.39, 0.29) is 17.5 Å². The number of hydrogen-bond acceptors (Lipinski definition) is 5. The predicted octanol–water partition coefficient (Wildman–Crippen LogP) is 2.67. The number of thioether (sulfide) groups is 1. The highest BCUT2D eigenvalue weighted by Crippen LogP contribution is 2.27. The summed E-state index contributed by atoms with van der Waals surface area (Å²) in [6, 6.07) is 2.97. The molecule has 1 aliphatic rings. The molecule has 0 aliphatic carbocycles. The quantitative estimate of drug-likeness (QED) is 0.818. The minimum Gasteiger partial charge on any atom is -0.370 e. The number of nitrogens with one attached hydrogen (secondary N) is 2. The van der Waals surface area contributed by atoms with Crippen LogP contribution in [-0.2, 0) is 9.53 Å². The number of halogens is 2. The summed E-state index contributed by atoms with van der Waals surface area (Å²) >= 11 is 1.12. The molecule has 1 aliphatic heterocycles. The van der Waals surface area contributed by atoms with Gasteiger partial charge in [0.05, 0.1) is 11.4 Å². The van der Waals surface area contributed by atoms with E-state index in [0.717, 1.165) is 30.7 Å². The third-order valence-electron chi connectivity index (χ3n) is 3.25. The number of ether oxygens (including phenoxy) is 1. The van der Waals surface area contributed by atoms with Gasteiger partial charge in [0.25, 0.3) is 0 Å². The molecule has 1 saturated heterocycles. The molecule has 0 unspecified atom stereocenters. The lowest BCUT2D eigenvalue weighted by Crippen LogP contribution is -2.15. The van der Waals surface area contributed by atoms with Crippen molar-refractivity contribution in [1.82, 2.24) is 15.2 Å². The Hall–Kier alpha value is -2.00. The lowest BCUT2D eigenvalue weighted by atomic mass is 10.2. The van der Waals surface area contributed by atoms with E-state index >= 15 is 0 Å². The number of anilines is 1. The van der Waals surface area contributed by atoms with Crippen LogP contribution in [0.15, 0.2) is 23.4 Å². The molecule has 1 fully saturated rings. The van der Waals surface area contributed by atoms with Crippen LogP contribution in [0, 0.1) is 11.6 Å². The molecule has 3 rings (SSSR count). The Kier molecular flexibility index (Phi) is 4.87. The molecule has 1 amide bonds. The first-order valence-corrected chi connectivity index (χ1v) is 8.02. The highest BCUT2D eigenvalue weighted by atomic mass is 32.2. The molecular formula is C14H14F2N4O2S. The molecular weight excluding hydrogens is 326 g/mol. The standard InChI is InChI=1S/C14H14F2N4O2S/c15-8-3-4-10(9(16)6-8)17-12(21)7-23-14-18-13(19-20-14)11-2-1-5-22-11/h3-4,6,11H,1-2,5,7H2,(H,17,21)(H,18,19,20)/t11-/m0/s1. The summed E-state index contributed by atoms with van der Waals surface area (Å²) in [5.41, 5.74) is -0.0629. The first-order chi connectivity index (χ1) is 11.1. The van der Waals surface area contributed by atoms with Gasteiger partial charge in [-0.3, -0.25) is 9.89 Å². The van der Waals surface area contributed by atoms with Crippen molar-refractivity contribution in [3.8, 4) is 0 Å². The first-order valence-electron chi connectivity index (χ1n) is 7.03. The summed E-state index contributed by atoms with van der Waals surface area (Å²) in [6.45, 7) is 0.708. The van der Waals surface area contributed by atoms with E-state index in [9.17, 15) is 13.6 Å². The van der Waals surface area contributed by atoms with E-state index in [0.29, 0.717) is 23.7 Å². The third-order valence-corrected chi connectivity index (χ3v) is 4.10. The van der Waals surface area contributed by atoms with Crippen LogP contribution in [0.5, 0.6) is 0 Å². The van der Waals surface area contributed by atoms with Gasteiger partial charge in [-0.1, -0.05) is 11.8 Å². The lowest BCUT2D eigenvalue weighted by Gasteiger charge is -2.05. The van der Waals surface area contributed by atoms with E-state index in [1.807, 2.05) is 0 Å². The van der Waals surface area contributed by atoms with Crippen LogP contribution in [0.1, 0.15) is 24.8 Å². The predicted molar refractivity (Wildman–Crippen MR) is 80.0 cm³/mol. The minimum absolute atomic E-state index is 0.0135. The SMILES string of the molecule is O=C(CSc1n[nH]c([C@@H]2CCCO2)n1)Nc1ccc(F)cc1F. The fraction of sp³-hybridized carbons (Fsp3) is 0.357. The molecule has 9 heteroatoms. The van der Waals surface area contributed by atoms with Gasteiger partial charge in [0.15, 0.2) is 5.82 Å². The van der Waals surface area contributed by atoms with Gasteiger partial charge < -0.3 is 10.1 Å². The van der Waals surface area contributed by atoms with Crippen molar-refractivity contribution in [2.75, 3.05) is 17.7 Å². The maximum absolute atomic E-state index is 13.4. The van der Waals surface area contributed by atoms with Gasteiger partial charge in [0, 0.05) is 12.7 Å². The zero-order valence-corrected chi connectivity index (χ0v) is 12.8. The number of benzene rings is 1. The molecule has 1 aromatic carbocycles. The van der Waals surface area contributed by atoms with Crippen molar-refractivity contribution < 1.29 is 18.3 Å². The van der Waals surface area contributed by atoms with Crippen molar-refractivity contribution >= 4 is 23.4 Å². The fourth-order valence-corrected chi connectivity index (χ4v) is 2.77. The summed E-state index contributed by atoms with van der Waals surface area (Å²) in [4.78, 5) is 16.1. The molecule has 6 nitrogen and oxygen atoms in total. The Morgan fingerprint density at radius 1 is 1.48 bits per heavy atom. The Bertz CT molecular complexity index is 704. The summed E-state index contributed by atoms with van der Waals surface area (Å²) in [6.07, 6.45) is 1.81. The molecule has 2 heterocycles. The number of aromatic nitrogens is 3. The van der Waals surface area contributed by atoms with Crippen LogP contribution < -0.4 is 5.32 Å². The molecule has 2 aromatic rings. The monoisotopic (exact) mass is 340 g/mol. The van der Waals surface area contributed by atoms with Crippen LogP contribution in [-0.4, -0.2) is 33.4 Å². The molecule has 0 radical (unpaired) electrons. The van der Waals surface area contributed by atoms with E-state index in [2.05, 4.69) is 20.5 Å². The number of rotatable bonds is 5. The summed E-state index contributed by atoms with van der Waals surface area (Å²) in [5.74, 6) is -1.28. The average molecular weight is 340 g/mol. The van der Waals surface area contributed by atoms with Crippen molar-refractivity contribution in [3.05, 3.63) is 35.7 Å². The third kappa shape index (κ3) is 4.05. The molecule has 1 aromatic heterocycles. The average Bonchev–Trinajstić information content (AvgIpc) is 3.18. The zero-order chi connectivity index (χ0) is 16.2. The normalized spacial score (nSPS) is 17.4. The highest BCUT2D eigenvalue weighted by Gasteiger charge is 2.21. The van der Waals surface area contributed by atoms with E-state index in [4.69, 9.17) is 4.74 Å². The van der Waals surface area contributed by atoms with Gasteiger partial charge in [-0.2, -0.15) is 0 Å². The summed E-state index contributed by atoms with van der Waals surface area (Å²) in [7, 11) is 0. The van der Waals surface area contributed by atoms with E-state index < -0.39 is 17.5 Å². The maximum Gasteiger partial charge on any atom is 0.234 e. The second kappa shape index (κ2) is 7.05. The van der Waals surface area contributed by atoms with Gasteiger partial charge in [-0.15, -0.1) is 5.10 Å². The Balaban J connectivity index is 1.52. The topological polar surface area (TPSA) is 79.9 Å². The molecule has 0 bridgehead atoms. The largest absolute Gasteiger partial charge is 0.370 e. The number of amides is 1. The van der Waals surface area contributed by atoms with Crippen molar-refractivity contribution in [2.24, 2.45) is 0 Å². The first kappa shape index (κ1) is 15.9. The number of hydrogen-bond donors (Lipinski definition) is 2. The van der Waals surface area contributed by atoms with Gasteiger partial charge in [0.2, 0.25) is 11.1 Å². The minimum atomic E-state index is -0.818. The molecule has 0 spiro atoms. The van der Waals surface area contributed by atoms with Crippen LogP contribution in [0.3, 0.4) is 0 Å². The number of nitrogens with zero attached hydrogens (tertiary/aromatic N) is 2. The maximum atomic E-state index is 13.4. The Labute approximate surface area is 135 Å². The summed E-state index contributed by atoms with van der Waals surface area (Å²) < 4.78 is 31.7. The van der Waals surface area contributed by atoms with Gasteiger partial charge >= 0.3 is 0 Å². The smallest absolute Gasteiger partial charge is 0.234 e. The fourth-order valence-electron chi connectivity index (χ4n) is 2.17. The lowest BCUT2D eigenvalue weighted by molar-refractivity contribution is -0.113. The second-order valence-corrected chi connectivity index (χ2v) is 5.91. The molecule has 2 N–H and O–H groups in total. The Morgan fingerprint density at radius 3 is 3.09 bits per heavy atom. The highest BCUT2D eigenvalue weighted by molar-refractivity contribution is 7.99. The molecule has 1 atom stereocenters. The van der Waals surface area contributed by atoms with Crippen molar-refractivity contribution in [1.29, 1.82) is 0 Å². The van der Waals surface area contributed by atoms with Gasteiger partial charge in [0.1, 0.15) is 17.7 Å².